The molecule has 0 aromatic heterocycles. The summed E-state index contributed by atoms with van der Waals surface area (Å²) >= 11 is 0. The number of benzene rings is 2. The summed E-state index contributed by atoms with van der Waals surface area (Å²) in [5, 5.41) is 4.10. The number of aryl methyl sites for hydroxylation is 1. The van der Waals surface area contributed by atoms with E-state index in [0.29, 0.717) is 5.69 Å². The Morgan fingerprint density at radius 2 is 1.61 bits per heavy atom. The Morgan fingerprint density at radius 1 is 1.04 bits per heavy atom. The average Bonchev–Trinajstić information content (AvgIpc) is 2.64. The van der Waals surface area contributed by atoms with Crippen LogP contribution in [0.25, 0.3) is 0 Å². The number of carbonyl (C=O) groups is 1. The van der Waals surface area contributed by atoms with E-state index < -0.39 is 15.9 Å². The van der Waals surface area contributed by atoms with E-state index in [1.165, 1.54) is 0 Å². The first-order chi connectivity index (χ1) is 13.0. The fourth-order valence-electron chi connectivity index (χ4n) is 2.23. The van der Waals surface area contributed by atoms with Crippen molar-refractivity contribution in [1.82, 2.24) is 5.43 Å². The van der Waals surface area contributed by atoms with E-state index in [-0.39, 0.29) is 16.9 Å². The molecule has 0 aliphatic carbocycles. The number of carbonyl (C=O) groups excluding carboxylic acids is 1. The summed E-state index contributed by atoms with van der Waals surface area (Å²) in [6.07, 6.45) is 0. The molecule has 0 aliphatic heterocycles. The first kappa shape index (κ1) is 21.6. The van der Waals surface area contributed by atoms with Crippen LogP contribution in [0.15, 0.2) is 64.6 Å². The second-order valence-corrected chi connectivity index (χ2v) is 9.50. The lowest BCUT2D eigenvalue weighted by Crippen LogP contribution is -2.40. The highest BCUT2D eigenvalue weighted by atomic mass is 32.2. The number of hydrazone groups is 1. The van der Waals surface area contributed by atoms with Gasteiger partial charge in [-0.3, -0.25) is 9.10 Å². The molecule has 1 amide bonds. The number of anilines is 1. The van der Waals surface area contributed by atoms with E-state index in [1.807, 2.05) is 34.6 Å². The van der Waals surface area contributed by atoms with Gasteiger partial charge in [-0.25, -0.2) is 13.8 Å². The van der Waals surface area contributed by atoms with Gasteiger partial charge < -0.3 is 0 Å². The number of para-hydroxylation sites is 1. The van der Waals surface area contributed by atoms with Crippen molar-refractivity contribution in [1.29, 1.82) is 0 Å². The monoisotopic (exact) mass is 401 g/mol. The van der Waals surface area contributed by atoms with E-state index >= 15 is 0 Å². The van der Waals surface area contributed by atoms with E-state index in [9.17, 15) is 13.2 Å². The molecule has 0 saturated carbocycles. The predicted molar refractivity (Wildman–Crippen MR) is 113 cm³/mol. The van der Waals surface area contributed by atoms with Crippen LogP contribution in [-0.2, 0) is 14.8 Å². The van der Waals surface area contributed by atoms with Gasteiger partial charge in [0.25, 0.3) is 15.9 Å². The number of amides is 1. The number of sulfonamides is 1. The van der Waals surface area contributed by atoms with Gasteiger partial charge in [0.1, 0.15) is 6.54 Å². The summed E-state index contributed by atoms with van der Waals surface area (Å²) in [5.41, 5.74) is 4.38. The zero-order chi connectivity index (χ0) is 20.9. The third-order valence-corrected chi connectivity index (χ3v) is 6.16. The van der Waals surface area contributed by atoms with Crippen molar-refractivity contribution in [3.05, 3.63) is 60.2 Å². The van der Waals surface area contributed by atoms with Crippen LogP contribution in [0.2, 0.25) is 0 Å². The summed E-state index contributed by atoms with van der Waals surface area (Å²) in [4.78, 5) is 12.6. The Hall–Kier alpha value is -2.67. The van der Waals surface area contributed by atoms with Crippen molar-refractivity contribution >= 4 is 27.3 Å². The lowest BCUT2D eigenvalue weighted by atomic mass is 9.91. The summed E-state index contributed by atoms with van der Waals surface area (Å²) in [5.74, 6) is -0.511. The highest BCUT2D eigenvalue weighted by Crippen LogP contribution is 2.23. The van der Waals surface area contributed by atoms with Gasteiger partial charge in [-0.1, -0.05) is 56.7 Å². The molecule has 0 atom stereocenters. The molecule has 0 aliphatic rings. The van der Waals surface area contributed by atoms with E-state index in [2.05, 4.69) is 10.5 Å². The zero-order valence-corrected chi connectivity index (χ0v) is 17.7. The molecule has 150 valence electrons. The van der Waals surface area contributed by atoms with Crippen LogP contribution in [0.3, 0.4) is 0 Å². The maximum Gasteiger partial charge on any atom is 0.264 e. The fourth-order valence-corrected chi connectivity index (χ4v) is 3.65. The normalized spacial score (nSPS) is 12.5. The third kappa shape index (κ3) is 5.42. The quantitative estimate of drug-likeness (QED) is 0.592. The summed E-state index contributed by atoms with van der Waals surface area (Å²) < 4.78 is 27.5. The van der Waals surface area contributed by atoms with Crippen molar-refractivity contribution in [3.63, 3.8) is 0 Å². The predicted octanol–water partition coefficient (Wildman–Crippen LogP) is 3.73. The fraction of sp³-hybridized carbons (Fsp3) is 0.333. The second kappa shape index (κ2) is 8.56. The van der Waals surface area contributed by atoms with Crippen molar-refractivity contribution in [3.8, 4) is 0 Å². The Morgan fingerprint density at radius 3 is 2.14 bits per heavy atom. The number of nitrogens with one attached hydrogen (secondary N) is 1. The Bertz CT molecular complexity index is 945. The maximum absolute atomic E-state index is 13.2. The summed E-state index contributed by atoms with van der Waals surface area (Å²) in [6.45, 7) is 9.27. The molecule has 0 saturated heterocycles. The average molecular weight is 402 g/mol. The number of hydrogen-bond acceptors (Lipinski definition) is 4. The molecule has 1 N–H and O–H groups in total. The Balaban J connectivity index is 2.33. The minimum Gasteiger partial charge on any atom is -0.271 e. The molecule has 0 fully saturated rings. The van der Waals surface area contributed by atoms with Gasteiger partial charge in [0, 0.05) is 11.1 Å². The maximum atomic E-state index is 13.2. The first-order valence-electron chi connectivity index (χ1n) is 9.00. The lowest BCUT2D eigenvalue weighted by Gasteiger charge is -2.24. The van der Waals surface area contributed by atoms with Gasteiger partial charge in [-0.15, -0.1) is 0 Å². The van der Waals surface area contributed by atoms with Gasteiger partial charge >= 0.3 is 0 Å². The zero-order valence-electron chi connectivity index (χ0n) is 16.9. The molecule has 2 rings (SSSR count). The number of hydrogen-bond donors (Lipinski definition) is 1. The third-order valence-electron chi connectivity index (χ3n) is 4.37. The Labute approximate surface area is 167 Å². The first-order valence-corrected chi connectivity index (χ1v) is 10.4. The lowest BCUT2D eigenvalue weighted by molar-refractivity contribution is -0.119. The molecule has 7 heteroatoms. The van der Waals surface area contributed by atoms with Crippen molar-refractivity contribution < 1.29 is 13.2 Å². The number of rotatable bonds is 6. The minimum atomic E-state index is -3.91. The number of nitrogens with zero attached hydrogens (tertiary/aromatic N) is 2. The molecule has 28 heavy (non-hydrogen) atoms. The van der Waals surface area contributed by atoms with Gasteiger partial charge in [0.05, 0.1) is 10.6 Å². The van der Waals surface area contributed by atoms with Gasteiger partial charge in [-0.2, -0.15) is 5.10 Å². The molecule has 0 spiro atoms. The molecule has 6 nitrogen and oxygen atoms in total. The molecule has 2 aromatic carbocycles. The topological polar surface area (TPSA) is 78.8 Å². The van der Waals surface area contributed by atoms with Crippen LogP contribution in [0, 0.1) is 12.3 Å². The Kier molecular flexibility index (Phi) is 6.61. The molecule has 0 heterocycles. The highest BCUT2D eigenvalue weighted by molar-refractivity contribution is 7.92. The van der Waals surface area contributed by atoms with Crippen LogP contribution in [0.5, 0.6) is 0 Å². The van der Waals surface area contributed by atoms with Crippen molar-refractivity contribution in [2.24, 2.45) is 10.5 Å². The van der Waals surface area contributed by atoms with Crippen LogP contribution < -0.4 is 9.73 Å². The van der Waals surface area contributed by atoms with Gasteiger partial charge in [-0.05, 0) is 38.1 Å². The highest BCUT2D eigenvalue weighted by Gasteiger charge is 2.27. The summed E-state index contributed by atoms with van der Waals surface area (Å²) in [6, 6.07) is 15.1. The van der Waals surface area contributed by atoms with Crippen LogP contribution >= 0.6 is 0 Å². The van der Waals surface area contributed by atoms with Crippen LogP contribution in [-0.4, -0.2) is 26.6 Å². The van der Waals surface area contributed by atoms with Gasteiger partial charge in [0.2, 0.25) is 0 Å². The minimum absolute atomic E-state index is 0.129. The molecule has 0 unspecified atom stereocenters. The smallest absolute Gasteiger partial charge is 0.264 e. The standard InChI is InChI=1S/C21H27N3O3S/c1-16-11-13-19(14-12-16)28(26,27)24(18-9-7-6-8-10-18)15-20(25)23-22-17(2)21(3,4)5/h6-14H,15H2,1-5H3,(H,23,25)/b22-17-. The largest absolute Gasteiger partial charge is 0.271 e. The molecular weight excluding hydrogens is 374 g/mol. The van der Waals surface area contributed by atoms with E-state index in [4.69, 9.17) is 0 Å². The van der Waals surface area contributed by atoms with Gasteiger partial charge in [0.15, 0.2) is 0 Å². The van der Waals surface area contributed by atoms with E-state index in [1.54, 1.807) is 54.6 Å². The summed E-state index contributed by atoms with van der Waals surface area (Å²) in [7, 11) is -3.91. The van der Waals surface area contributed by atoms with Crippen molar-refractivity contribution in [2.75, 3.05) is 10.8 Å². The van der Waals surface area contributed by atoms with Crippen LogP contribution in [0.4, 0.5) is 5.69 Å². The van der Waals surface area contributed by atoms with Crippen LogP contribution in [0.1, 0.15) is 33.3 Å². The molecule has 0 bridgehead atoms. The molecule has 0 radical (unpaired) electrons. The van der Waals surface area contributed by atoms with Crippen molar-refractivity contribution in [2.45, 2.75) is 39.5 Å². The molecular formula is C21H27N3O3S. The molecule has 2 aromatic rings. The SMILES string of the molecule is C/C(=N/NC(=O)CN(c1ccccc1)S(=O)(=O)c1ccc(C)cc1)C(C)(C)C. The second-order valence-electron chi connectivity index (χ2n) is 7.64. The van der Waals surface area contributed by atoms with E-state index in [0.717, 1.165) is 15.6 Å².